The number of ketones is 1. The predicted molar refractivity (Wildman–Crippen MR) is 79.4 cm³/mol. The number of nitriles is 1. The maximum absolute atomic E-state index is 12.5. The monoisotopic (exact) mass is 343 g/mol. The zero-order valence-electron chi connectivity index (χ0n) is 10.9. The number of carbonyl (C=O) groups is 1. The van der Waals surface area contributed by atoms with E-state index in [1.54, 1.807) is 42.5 Å². The fourth-order valence-corrected chi connectivity index (χ4v) is 2.42. The molecule has 0 saturated carbocycles. The van der Waals surface area contributed by atoms with E-state index in [1.807, 2.05) is 0 Å². The number of Topliss-reactive ketones (excluding diaryl/α,β-unsaturated/α-hetero) is 1. The highest BCUT2D eigenvalue weighted by Crippen LogP contribution is 2.35. The normalized spacial score (nSPS) is 13.5. The fraction of sp³-hybridized carbons (Fsp3) is 0.125. The molecule has 0 fully saturated rings. The first-order chi connectivity index (χ1) is 10.2. The largest absolute Gasteiger partial charge is 0.454 e. The number of rotatable bonds is 3. The van der Waals surface area contributed by atoms with Crippen LogP contribution in [0.15, 0.2) is 46.9 Å². The third-order valence-corrected chi connectivity index (χ3v) is 3.78. The molecule has 3 rings (SSSR count). The first kappa shape index (κ1) is 13.7. The highest BCUT2D eigenvalue weighted by molar-refractivity contribution is 9.10. The van der Waals surface area contributed by atoms with Gasteiger partial charge in [0.25, 0.3) is 0 Å². The van der Waals surface area contributed by atoms with Crippen molar-refractivity contribution >= 4 is 21.7 Å². The van der Waals surface area contributed by atoms with Gasteiger partial charge in [-0.25, -0.2) is 0 Å². The standard InChI is InChI=1S/C16H10BrNO3/c17-12-4-1-10(2-5-12)16(19)13(8-18)11-3-6-14-15(7-11)21-9-20-14/h1-7,13H,9H2. The molecule has 1 heterocycles. The summed E-state index contributed by atoms with van der Waals surface area (Å²) in [6, 6.07) is 14.1. The average molecular weight is 344 g/mol. The molecule has 2 aromatic carbocycles. The zero-order chi connectivity index (χ0) is 14.8. The number of hydrogen-bond acceptors (Lipinski definition) is 4. The van der Waals surface area contributed by atoms with Crippen LogP contribution in [0.25, 0.3) is 0 Å². The summed E-state index contributed by atoms with van der Waals surface area (Å²) < 4.78 is 11.4. The average Bonchev–Trinajstić information content (AvgIpc) is 2.96. The van der Waals surface area contributed by atoms with Gasteiger partial charge in [-0.15, -0.1) is 0 Å². The second-order valence-corrected chi connectivity index (χ2v) is 5.46. The molecule has 21 heavy (non-hydrogen) atoms. The van der Waals surface area contributed by atoms with Crippen LogP contribution in [-0.4, -0.2) is 12.6 Å². The molecule has 0 saturated heterocycles. The minimum Gasteiger partial charge on any atom is -0.454 e. The lowest BCUT2D eigenvalue weighted by atomic mass is 9.91. The van der Waals surface area contributed by atoms with Crippen molar-refractivity contribution in [2.24, 2.45) is 0 Å². The molecular weight excluding hydrogens is 334 g/mol. The van der Waals surface area contributed by atoms with Crippen molar-refractivity contribution in [3.8, 4) is 17.6 Å². The maximum Gasteiger partial charge on any atom is 0.231 e. The Morgan fingerprint density at radius 3 is 2.57 bits per heavy atom. The number of fused-ring (bicyclic) bond motifs is 1. The van der Waals surface area contributed by atoms with Crippen molar-refractivity contribution in [1.82, 2.24) is 0 Å². The number of carbonyl (C=O) groups excluding carboxylic acids is 1. The molecule has 1 aliphatic rings. The van der Waals surface area contributed by atoms with Crippen LogP contribution in [0.4, 0.5) is 0 Å². The number of hydrogen-bond donors (Lipinski definition) is 0. The van der Waals surface area contributed by atoms with Crippen LogP contribution < -0.4 is 9.47 Å². The summed E-state index contributed by atoms with van der Waals surface area (Å²) in [6.07, 6.45) is 0. The first-order valence-electron chi connectivity index (χ1n) is 6.28. The maximum atomic E-state index is 12.5. The highest BCUT2D eigenvalue weighted by atomic mass is 79.9. The quantitative estimate of drug-likeness (QED) is 0.797. The van der Waals surface area contributed by atoms with Crippen molar-refractivity contribution in [2.75, 3.05) is 6.79 Å². The molecule has 4 nitrogen and oxygen atoms in total. The van der Waals surface area contributed by atoms with Gasteiger partial charge in [0, 0.05) is 10.0 Å². The molecule has 0 aromatic heterocycles. The molecule has 0 spiro atoms. The molecule has 0 N–H and O–H groups in total. The van der Waals surface area contributed by atoms with E-state index >= 15 is 0 Å². The van der Waals surface area contributed by atoms with Crippen LogP contribution in [0.3, 0.4) is 0 Å². The van der Waals surface area contributed by atoms with Crippen LogP contribution in [0, 0.1) is 11.3 Å². The van der Waals surface area contributed by atoms with E-state index in [0.29, 0.717) is 22.6 Å². The van der Waals surface area contributed by atoms with E-state index in [2.05, 4.69) is 22.0 Å². The highest BCUT2D eigenvalue weighted by Gasteiger charge is 2.24. The number of halogens is 1. The molecule has 1 aliphatic heterocycles. The fourth-order valence-electron chi connectivity index (χ4n) is 2.16. The van der Waals surface area contributed by atoms with Crippen LogP contribution >= 0.6 is 15.9 Å². The van der Waals surface area contributed by atoms with Gasteiger partial charge in [-0.1, -0.05) is 34.1 Å². The lowest BCUT2D eigenvalue weighted by molar-refractivity contribution is 0.0979. The molecular formula is C16H10BrNO3. The predicted octanol–water partition coefficient (Wildman–Crippen LogP) is 3.67. The molecule has 1 atom stereocenters. The van der Waals surface area contributed by atoms with Crippen LogP contribution in [0.5, 0.6) is 11.5 Å². The van der Waals surface area contributed by atoms with Gasteiger partial charge >= 0.3 is 0 Å². The van der Waals surface area contributed by atoms with Gasteiger partial charge in [0.2, 0.25) is 6.79 Å². The molecule has 0 bridgehead atoms. The first-order valence-corrected chi connectivity index (χ1v) is 7.07. The Morgan fingerprint density at radius 1 is 1.14 bits per heavy atom. The smallest absolute Gasteiger partial charge is 0.231 e. The summed E-state index contributed by atoms with van der Waals surface area (Å²) in [4.78, 5) is 12.5. The Bertz CT molecular complexity index is 734. The van der Waals surface area contributed by atoms with Crippen molar-refractivity contribution < 1.29 is 14.3 Å². The SMILES string of the molecule is N#CC(C(=O)c1ccc(Br)cc1)c1ccc2c(c1)OCO2. The summed E-state index contributed by atoms with van der Waals surface area (Å²) in [5, 5.41) is 9.36. The number of nitrogens with zero attached hydrogens (tertiary/aromatic N) is 1. The number of ether oxygens (including phenoxy) is 2. The lowest BCUT2D eigenvalue weighted by Crippen LogP contribution is -2.11. The Labute approximate surface area is 130 Å². The zero-order valence-corrected chi connectivity index (χ0v) is 12.5. The summed E-state index contributed by atoms with van der Waals surface area (Å²) in [5.41, 5.74) is 1.11. The lowest BCUT2D eigenvalue weighted by Gasteiger charge is -2.09. The minimum atomic E-state index is -0.860. The van der Waals surface area contributed by atoms with Crippen molar-refractivity contribution in [3.05, 3.63) is 58.1 Å². The van der Waals surface area contributed by atoms with Gasteiger partial charge in [0.15, 0.2) is 17.3 Å². The van der Waals surface area contributed by atoms with E-state index in [4.69, 9.17) is 9.47 Å². The summed E-state index contributed by atoms with van der Waals surface area (Å²) >= 11 is 3.32. The summed E-state index contributed by atoms with van der Waals surface area (Å²) in [7, 11) is 0. The van der Waals surface area contributed by atoms with Crippen LogP contribution in [0.2, 0.25) is 0 Å². The van der Waals surface area contributed by atoms with Gasteiger partial charge in [0.1, 0.15) is 5.92 Å². The third-order valence-electron chi connectivity index (χ3n) is 3.25. The van der Waals surface area contributed by atoms with Gasteiger partial charge < -0.3 is 9.47 Å². The van der Waals surface area contributed by atoms with Gasteiger partial charge in [-0.3, -0.25) is 4.79 Å². The van der Waals surface area contributed by atoms with Crippen molar-refractivity contribution in [2.45, 2.75) is 5.92 Å². The topological polar surface area (TPSA) is 59.3 Å². The minimum absolute atomic E-state index is 0.163. The molecule has 2 aromatic rings. The molecule has 0 radical (unpaired) electrons. The number of benzene rings is 2. The summed E-state index contributed by atoms with van der Waals surface area (Å²) in [6.45, 7) is 0.163. The van der Waals surface area contributed by atoms with Gasteiger partial charge in [-0.2, -0.15) is 5.26 Å². The molecule has 104 valence electrons. The molecule has 0 amide bonds. The van der Waals surface area contributed by atoms with Crippen LogP contribution in [-0.2, 0) is 0 Å². The van der Waals surface area contributed by atoms with E-state index < -0.39 is 5.92 Å². The van der Waals surface area contributed by atoms with E-state index in [0.717, 1.165) is 4.47 Å². The van der Waals surface area contributed by atoms with E-state index in [-0.39, 0.29) is 12.6 Å². The Balaban J connectivity index is 1.93. The van der Waals surface area contributed by atoms with Crippen molar-refractivity contribution in [1.29, 1.82) is 5.26 Å². The Hall–Kier alpha value is -2.32. The van der Waals surface area contributed by atoms with Crippen molar-refractivity contribution in [3.63, 3.8) is 0 Å². The second kappa shape index (κ2) is 5.58. The van der Waals surface area contributed by atoms with Gasteiger partial charge in [-0.05, 0) is 29.8 Å². The Kier molecular flexibility index (Phi) is 3.63. The van der Waals surface area contributed by atoms with Gasteiger partial charge in [0.05, 0.1) is 6.07 Å². The van der Waals surface area contributed by atoms with E-state index in [1.165, 1.54) is 0 Å². The van der Waals surface area contributed by atoms with E-state index in [9.17, 15) is 10.1 Å². The molecule has 0 aliphatic carbocycles. The molecule has 5 heteroatoms. The Morgan fingerprint density at radius 2 is 1.86 bits per heavy atom. The second-order valence-electron chi connectivity index (χ2n) is 4.55. The van der Waals surface area contributed by atoms with Crippen LogP contribution in [0.1, 0.15) is 21.8 Å². The molecule has 1 unspecified atom stereocenters. The third kappa shape index (κ3) is 2.63. The summed E-state index contributed by atoms with van der Waals surface area (Å²) in [5.74, 6) is 0.104.